The van der Waals surface area contributed by atoms with Gasteiger partial charge in [0.05, 0.1) is 6.42 Å². The summed E-state index contributed by atoms with van der Waals surface area (Å²) in [5, 5.41) is 8.63. The molecule has 0 bridgehead atoms. The minimum Gasteiger partial charge on any atom is -0.484 e. The number of hydrogen-bond donors (Lipinski definition) is 1. The van der Waals surface area contributed by atoms with Crippen molar-refractivity contribution >= 4 is 17.7 Å². The molecule has 0 aliphatic carbocycles. The fourth-order valence-corrected chi connectivity index (χ4v) is 1.73. The number of benzene rings is 1. The summed E-state index contributed by atoms with van der Waals surface area (Å²) in [4.78, 5) is 35.1. The average molecular weight is 293 g/mol. The van der Waals surface area contributed by atoms with Crippen molar-refractivity contribution in [2.24, 2.45) is 0 Å². The molecular formula is C15H19NO5. The Kier molecular flexibility index (Phi) is 6.39. The molecule has 0 aliphatic heterocycles. The molecule has 0 aliphatic rings. The van der Waals surface area contributed by atoms with E-state index in [1.807, 2.05) is 0 Å². The van der Waals surface area contributed by atoms with Gasteiger partial charge in [0.25, 0.3) is 5.91 Å². The average Bonchev–Trinajstić information content (AvgIpc) is 2.45. The van der Waals surface area contributed by atoms with E-state index in [1.165, 1.54) is 11.8 Å². The Morgan fingerprint density at radius 2 is 2.00 bits per heavy atom. The molecule has 1 amide bonds. The molecule has 114 valence electrons. The summed E-state index contributed by atoms with van der Waals surface area (Å²) in [6.45, 7) is 3.62. The largest absolute Gasteiger partial charge is 0.484 e. The molecule has 0 saturated carbocycles. The highest BCUT2D eigenvalue weighted by Gasteiger charge is 2.14. The van der Waals surface area contributed by atoms with Crippen molar-refractivity contribution in [3.05, 3.63) is 29.8 Å². The van der Waals surface area contributed by atoms with Crippen LogP contribution < -0.4 is 4.74 Å². The van der Waals surface area contributed by atoms with E-state index in [0.717, 1.165) is 0 Å². The predicted molar refractivity (Wildman–Crippen MR) is 76.4 cm³/mol. The van der Waals surface area contributed by atoms with E-state index in [-0.39, 0.29) is 31.3 Å². The first-order valence-electron chi connectivity index (χ1n) is 6.67. The molecule has 1 aromatic rings. The molecule has 6 nitrogen and oxygen atoms in total. The lowest BCUT2D eigenvalue weighted by Crippen LogP contribution is -2.36. The zero-order chi connectivity index (χ0) is 15.8. The minimum atomic E-state index is -0.948. The first-order chi connectivity index (χ1) is 9.93. The maximum atomic E-state index is 11.9. The molecule has 1 N–H and O–H groups in total. The van der Waals surface area contributed by atoms with Crippen LogP contribution in [0.1, 0.15) is 30.6 Å². The number of Topliss-reactive ketones (excluding diaryl/α,β-unsaturated/α-hetero) is 1. The van der Waals surface area contributed by atoms with Crippen molar-refractivity contribution in [2.45, 2.75) is 20.3 Å². The summed E-state index contributed by atoms with van der Waals surface area (Å²) in [6.07, 6.45) is -0.0978. The van der Waals surface area contributed by atoms with Crippen LogP contribution >= 0.6 is 0 Å². The number of carboxylic acids is 1. The third kappa shape index (κ3) is 5.64. The smallest absolute Gasteiger partial charge is 0.305 e. The van der Waals surface area contributed by atoms with Gasteiger partial charge in [0.15, 0.2) is 12.4 Å². The van der Waals surface area contributed by atoms with E-state index in [0.29, 0.717) is 17.9 Å². The van der Waals surface area contributed by atoms with Gasteiger partial charge in [-0.15, -0.1) is 0 Å². The molecule has 21 heavy (non-hydrogen) atoms. The van der Waals surface area contributed by atoms with Crippen LogP contribution in [-0.4, -0.2) is 47.4 Å². The van der Waals surface area contributed by atoms with Gasteiger partial charge in [-0.25, -0.2) is 0 Å². The lowest BCUT2D eigenvalue weighted by atomic mass is 10.1. The number of ketones is 1. The third-order valence-corrected chi connectivity index (χ3v) is 2.93. The van der Waals surface area contributed by atoms with E-state index in [2.05, 4.69) is 0 Å². The number of carbonyl (C=O) groups is 3. The highest BCUT2D eigenvalue weighted by atomic mass is 16.5. The van der Waals surface area contributed by atoms with Gasteiger partial charge in [0, 0.05) is 18.7 Å². The molecule has 1 aromatic carbocycles. The van der Waals surface area contributed by atoms with E-state index in [4.69, 9.17) is 9.84 Å². The number of rotatable bonds is 8. The Hall–Kier alpha value is -2.37. The number of ether oxygens (including phenoxy) is 1. The molecule has 0 aromatic heterocycles. The van der Waals surface area contributed by atoms with Crippen LogP contribution in [0, 0.1) is 0 Å². The topological polar surface area (TPSA) is 83.9 Å². The first-order valence-corrected chi connectivity index (χ1v) is 6.67. The lowest BCUT2D eigenvalue weighted by molar-refractivity contribution is -0.139. The second-order valence-electron chi connectivity index (χ2n) is 4.49. The van der Waals surface area contributed by atoms with Crippen LogP contribution in [0.5, 0.6) is 5.75 Å². The van der Waals surface area contributed by atoms with Gasteiger partial charge in [-0.1, -0.05) is 12.1 Å². The van der Waals surface area contributed by atoms with E-state index in [9.17, 15) is 14.4 Å². The number of carboxylic acid groups (broad SMARTS) is 1. The van der Waals surface area contributed by atoms with Gasteiger partial charge in [-0.05, 0) is 26.0 Å². The zero-order valence-corrected chi connectivity index (χ0v) is 12.2. The van der Waals surface area contributed by atoms with Crippen molar-refractivity contribution < 1.29 is 24.2 Å². The second kappa shape index (κ2) is 8.04. The van der Waals surface area contributed by atoms with Crippen LogP contribution in [0.4, 0.5) is 0 Å². The second-order valence-corrected chi connectivity index (χ2v) is 4.49. The molecule has 0 atom stereocenters. The fourth-order valence-electron chi connectivity index (χ4n) is 1.73. The van der Waals surface area contributed by atoms with Crippen molar-refractivity contribution in [1.29, 1.82) is 0 Å². The molecule has 0 unspecified atom stereocenters. The van der Waals surface area contributed by atoms with Crippen molar-refractivity contribution in [2.75, 3.05) is 19.7 Å². The van der Waals surface area contributed by atoms with E-state index < -0.39 is 5.97 Å². The molecule has 0 saturated heterocycles. The van der Waals surface area contributed by atoms with Crippen LogP contribution in [-0.2, 0) is 9.59 Å². The van der Waals surface area contributed by atoms with Crippen LogP contribution in [0.25, 0.3) is 0 Å². The van der Waals surface area contributed by atoms with Crippen LogP contribution in [0.2, 0.25) is 0 Å². The number of carbonyl (C=O) groups excluding carboxylic acids is 2. The zero-order valence-electron chi connectivity index (χ0n) is 12.2. The predicted octanol–water partition coefficient (Wildman–Crippen LogP) is 1.59. The van der Waals surface area contributed by atoms with Gasteiger partial charge >= 0.3 is 5.97 Å². The van der Waals surface area contributed by atoms with Crippen LogP contribution in [0.3, 0.4) is 0 Å². The summed E-state index contributed by atoms with van der Waals surface area (Å²) >= 11 is 0. The van der Waals surface area contributed by atoms with Gasteiger partial charge in [-0.3, -0.25) is 14.4 Å². The monoisotopic (exact) mass is 293 g/mol. The summed E-state index contributed by atoms with van der Waals surface area (Å²) in [5.74, 6) is -0.878. The lowest BCUT2D eigenvalue weighted by Gasteiger charge is -2.20. The molecule has 1 rings (SSSR count). The quantitative estimate of drug-likeness (QED) is 0.736. The Labute approximate surface area is 123 Å². The minimum absolute atomic E-state index is 0.0802. The van der Waals surface area contributed by atoms with Gasteiger partial charge in [-0.2, -0.15) is 0 Å². The summed E-state index contributed by atoms with van der Waals surface area (Å²) in [5.41, 5.74) is 0.512. The summed E-state index contributed by atoms with van der Waals surface area (Å²) in [6, 6.07) is 6.58. The van der Waals surface area contributed by atoms with Gasteiger partial charge < -0.3 is 14.7 Å². The van der Waals surface area contributed by atoms with E-state index in [1.54, 1.807) is 31.2 Å². The van der Waals surface area contributed by atoms with Crippen LogP contribution in [0.15, 0.2) is 24.3 Å². The standard InChI is InChI=1S/C15H19NO5/c1-3-16(8-7-15(19)20)14(18)10-21-13-6-4-5-12(9-13)11(2)17/h4-6,9H,3,7-8,10H2,1-2H3,(H,19,20). The molecular weight excluding hydrogens is 274 g/mol. The number of amides is 1. The molecule has 0 spiro atoms. The van der Waals surface area contributed by atoms with Gasteiger partial charge in [0.2, 0.25) is 0 Å². The van der Waals surface area contributed by atoms with E-state index >= 15 is 0 Å². The molecule has 0 fully saturated rings. The number of aliphatic carboxylic acids is 1. The third-order valence-electron chi connectivity index (χ3n) is 2.93. The van der Waals surface area contributed by atoms with Crippen molar-refractivity contribution in [1.82, 2.24) is 4.90 Å². The SMILES string of the molecule is CCN(CCC(=O)O)C(=O)COc1cccc(C(C)=O)c1. The Balaban J connectivity index is 2.56. The molecule has 0 heterocycles. The first kappa shape index (κ1) is 16.7. The number of hydrogen-bond acceptors (Lipinski definition) is 4. The Morgan fingerprint density at radius 3 is 2.57 bits per heavy atom. The fraction of sp³-hybridized carbons (Fsp3) is 0.400. The summed E-state index contributed by atoms with van der Waals surface area (Å²) in [7, 11) is 0. The molecule has 6 heteroatoms. The van der Waals surface area contributed by atoms with Crippen molar-refractivity contribution in [3.63, 3.8) is 0 Å². The summed E-state index contributed by atoms with van der Waals surface area (Å²) < 4.78 is 5.36. The maximum absolute atomic E-state index is 11.9. The Morgan fingerprint density at radius 1 is 1.29 bits per heavy atom. The molecule has 0 radical (unpaired) electrons. The maximum Gasteiger partial charge on any atom is 0.305 e. The normalized spacial score (nSPS) is 10.0. The highest BCUT2D eigenvalue weighted by Crippen LogP contribution is 2.13. The van der Waals surface area contributed by atoms with Gasteiger partial charge in [0.1, 0.15) is 5.75 Å². The van der Waals surface area contributed by atoms with Crippen molar-refractivity contribution in [3.8, 4) is 5.75 Å². The number of likely N-dealkylation sites (N-methyl/N-ethyl adjacent to an activating group) is 1. The highest BCUT2D eigenvalue weighted by molar-refractivity contribution is 5.94. The number of nitrogens with zero attached hydrogens (tertiary/aromatic N) is 1. The Bertz CT molecular complexity index is 527.